The van der Waals surface area contributed by atoms with Crippen LogP contribution in [0.2, 0.25) is 0 Å². The molecule has 0 aromatic heterocycles. The van der Waals surface area contributed by atoms with Crippen LogP contribution in [0, 0.1) is 0 Å². The molecule has 1 aromatic carbocycles. The molecule has 0 fully saturated rings. The lowest BCUT2D eigenvalue weighted by atomic mass is 10.0. The molecule has 0 saturated heterocycles. The van der Waals surface area contributed by atoms with E-state index in [2.05, 4.69) is 39.5 Å². The van der Waals surface area contributed by atoms with Crippen LogP contribution in [0.4, 0.5) is 0 Å². The summed E-state index contributed by atoms with van der Waals surface area (Å²) in [5.74, 6) is 0.496. The average Bonchev–Trinajstić information content (AvgIpc) is 2.38. The smallest absolute Gasteiger partial charge is 0.199 e. The summed E-state index contributed by atoms with van der Waals surface area (Å²) < 4.78 is 0. The molecule has 3 N–H and O–H groups in total. The van der Waals surface area contributed by atoms with Crippen LogP contribution < -0.4 is 11.1 Å². The zero-order valence-electron chi connectivity index (χ0n) is 10.5. The number of guanidine groups is 1. The Morgan fingerprint density at radius 2 is 2.17 bits per heavy atom. The van der Waals surface area contributed by atoms with Gasteiger partial charge in [0.05, 0.1) is 0 Å². The van der Waals surface area contributed by atoms with Crippen molar-refractivity contribution in [2.24, 2.45) is 10.7 Å². The van der Waals surface area contributed by atoms with Crippen molar-refractivity contribution >= 4 is 23.3 Å². The number of rotatable bonds is 1. The number of thiocarbonyl (C=S) groups is 1. The van der Waals surface area contributed by atoms with Gasteiger partial charge in [0.25, 0.3) is 0 Å². The predicted octanol–water partition coefficient (Wildman–Crippen LogP) is 1.25. The molecule has 18 heavy (non-hydrogen) atoms. The minimum Gasteiger partial charge on any atom is -0.369 e. The quantitative estimate of drug-likeness (QED) is 0.454. The highest BCUT2D eigenvalue weighted by Gasteiger charge is 2.17. The van der Waals surface area contributed by atoms with E-state index in [-0.39, 0.29) is 0 Å². The molecule has 1 aliphatic rings. The fourth-order valence-corrected chi connectivity index (χ4v) is 2.29. The van der Waals surface area contributed by atoms with Crippen LogP contribution >= 0.6 is 12.2 Å². The van der Waals surface area contributed by atoms with Crippen molar-refractivity contribution in [2.75, 3.05) is 13.1 Å². The number of nitrogens with zero attached hydrogens (tertiary/aromatic N) is 2. The summed E-state index contributed by atoms with van der Waals surface area (Å²) in [5, 5.41) is 3.42. The molecule has 0 unspecified atom stereocenters. The van der Waals surface area contributed by atoms with Crippen molar-refractivity contribution < 1.29 is 0 Å². The number of aliphatic imine (C=N–C) groups is 1. The van der Waals surface area contributed by atoms with Gasteiger partial charge in [-0.05, 0) is 36.7 Å². The molecule has 0 radical (unpaired) electrons. The first-order valence-corrected chi connectivity index (χ1v) is 6.55. The molecule has 2 rings (SSSR count). The van der Waals surface area contributed by atoms with E-state index in [4.69, 9.17) is 18.0 Å². The van der Waals surface area contributed by atoms with Crippen molar-refractivity contribution in [1.82, 2.24) is 10.2 Å². The van der Waals surface area contributed by atoms with Gasteiger partial charge in [-0.15, -0.1) is 0 Å². The molecule has 0 aliphatic carbocycles. The first-order valence-electron chi connectivity index (χ1n) is 6.14. The summed E-state index contributed by atoms with van der Waals surface area (Å²) in [4.78, 5) is 6.27. The highest BCUT2D eigenvalue weighted by Crippen LogP contribution is 2.17. The van der Waals surface area contributed by atoms with E-state index in [1.165, 1.54) is 11.1 Å². The maximum atomic E-state index is 5.99. The Morgan fingerprint density at radius 1 is 1.44 bits per heavy atom. The standard InChI is InChI=1S/C13H18N4S/c1-2-15-13(18)16-12(14)17-8-7-10-5-3-4-6-11(10)9-17/h3-6H,2,7-9H2,1H3,(H3,14,15,16,18). The summed E-state index contributed by atoms with van der Waals surface area (Å²) in [7, 11) is 0. The molecule has 96 valence electrons. The van der Waals surface area contributed by atoms with Crippen molar-refractivity contribution in [1.29, 1.82) is 0 Å². The first kappa shape index (κ1) is 12.8. The SMILES string of the molecule is CCNC(=S)/N=C(\N)N1CCc2ccccc2C1. The van der Waals surface area contributed by atoms with E-state index in [9.17, 15) is 0 Å². The minimum absolute atomic E-state index is 0.453. The van der Waals surface area contributed by atoms with E-state index < -0.39 is 0 Å². The van der Waals surface area contributed by atoms with E-state index >= 15 is 0 Å². The highest BCUT2D eigenvalue weighted by atomic mass is 32.1. The Balaban J connectivity index is 2.06. The molecule has 5 heteroatoms. The van der Waals surface area contributed by atoms with Crippen LogP contribution in [0.5, 0.6) is 0 Å². The second-order valence-electron chi connectivity index (χ2n) is 4.25. The van der Waals surface area contributed by atoms with Crippen LogP contribution in [0.1, 0.15) is 18.1 Å². The van der Waals surface area contributed by atoms with Gasteiger partial charge < -0.3 is 16.0 Å². The number of nitrogens with two attached hydrogens (primary N) is 1. The number of hydrogen-bond acceptors (Lipinski definition) is 1. The Hall–Kier alpha value is -1.62. The first-order chi connectivity index (χ1) is 8.70. The highest BCUT2D eigenvalue weighted by molar-refractivity contribution is 7.80. The number of hydrogen-bond donors (Lipinski definition) is 2. The second kappa shape index (κ2) is 5.82. The molecule has 1 aromatic rings. The third kappa shape index (κ3) is 2.98. The summed E-state index contributed by atoms with van der Waals surface area (Å²) in [6.45, 7) is 4.44. The Labute approximate surface area is 113 Å². The third-order valence-corrected chi connectivity index (χ3v) is 3.23. The zero-order valence-corrected chi connectivity index (χ0v) is 11.3. The van der Waals surface area contributed by atoms with Gasteiger partial charge >= 0.3 is 0 Å². The predicted molar refractivity (Wildman–Crippen MR) is 78.5 cm³/mol. The van der Waals surface area contributed by atoms with Crippen LogP contribution in [0.25, 0.3) is 0 Å². The van der Waals surface area contributed by atoms with Crippen LogP contribution in [0.15, 0.2) is 29.3 Å². The van der Waals surface area contributed by atoms with E-state index in [1.54, 1.807) is 0 Å². The van der Waals surface area contributed by atoms with E-state index in [0.29, 0.717) is 11.1 Å². The molecule has 4 nitrogen and oxygen atoms in total. The fraction of sp³-hybridized carbons (Fsp3) is 0.385. The van der Waals surface area contributed by atoms with Gasteiger partial charge in [0.15, 0.2) is 11.1 Å². The van der Waals surface area contributed by atoms with Gasteiger partial charge in [-0.25, -0.2) is 0 Å². The molecule has 0 saturated carbocycles. The second-order valence-corrected chi connectivity index (χ2v) is 4.63. The largest absolute Gasteiger partial charge is 0.369 e. The Bertz CT molecular complexity index is 470. The van der Waals surface area contributed by atoms with Crippen LogP contribution in [-0.2, 0) is 13.0 Å². The van der Waals surface area contributed by atoms with Gasteiger partial charge in [0.2, 0.25) is 0 Å². The maximum absolute atomic E-state index is 5.99. The van der Waals surface area contributed by atoms with Crippen molar-refractivity contribution in [3.05, 3.63) is 35.4 Å². The summed E-state index contributed by atoms with van der Waals surface area (Å²) in [6, 6.07) is 8.44. The monoisotopic (exact) mass is 262 g/mol. The zero-order chi connectivity index (χ0) is 13.0. The minimum atomic E-state index is 0.453. The normalized spacial score (nSPS) is 15.2. The van der Waals surface area contributed by atoms with Gasteiger partial charge in [-0.3, -0.25) is 0 Å². The lowest BCUT2D eigenvalue weighted by Gasteiger charge is -2.29. The Kier molecular flexibility index (Phi) is 4.15. The summed E-state index contributed by atoms with van der Waals surface area (Å²) in [5.41, 5.74) is 8.70. The fourth-order valence-electron chi connectivity index (χ4n) is 2.06. The van der Waals surface area contributed by atoms with Gasteiger partial charge in [0.1, 0.15) is 0 Å². The molecule has 0 bridgehead atoms. The molecule has 1 aliphatic heterocycles. The summed E-state index contributed by atoms with van der Waals surface area (Å²) >= 11 is 5.07. The van der Waals surface area contributed by atoms with Gasteiger partial charge in [-0.2, -0.15) is 4.99 Å². The van der Waals surface area contributed by atoms with E-state index in [1.807, 2.05) is 6.92 Å². The van der Waals surface area contributed by atoms with Crippen LogP contribution in [-0.4, -0.2) is 29.1 Å². The lowest BCUT2D eigenvalue weighted by molar-refractivity contribution is 0.390. The molecule has 0 spiro atoms. The third-order valence-electron chi connectivity index (χ3n) is 3.00. The Morgan fingerprint density at radius 3 is 2.89 bits per heavy atom. The average molecular weight is 262 g/mol. The van der Waals surface area contributed by atoms with Gasteiger partial charge in [-0.1, -0.05) is 24.3 Å². The van der Waals surface area contributed by atoms with Crippen LogP contribution in [0.3, 0.4) is 0 Å². The van der Waals surface area contributed by atoms with E-state index in [0.717, 1.165) is 26.1 Å². The molecule has 0 amide bonds. The molecular weight excluding hydrogens is 244 g/mol. The molecular formula is C13H18N4S. The topological polar surface area (TPSA) is 53.6 Å². The van der Waals surface area contributed by atoms with Gasteiger partial charge in [0, 0.05) is 19.6 Å². The molecule has 1 heterocycles. The van der Waals surface area contributed by atoms with Crippen molar-refractivity contribution in [3.63, 3.8) is 0 Å². The summed E-state index contributed by atoms with van der Waals surface area (Å²) in [6.07, 6.45) is 1.00. The lowest BCUT2D eigenvalue weighted by Crippen LogP contribution is -2.42. The number of benzene rings is 1. The van der Waals surface area contributed by atoms with Crippen molar-refractivity contribution in [2.45, 2.75) is 19.9 Å². The maximum Gasteiger partial charge on any atom is 0.199 e. The number of fused-ring (bicyclic) bond motifs is 1. The van der Waals surface area contributed by atoms with Crippen molar-refractivity contribution in [3.8, 4) is 0 Å². The molecule has 0 atom stereocenters. The number of nitrogens with one attached hydrogen (secondary N) is 1.